The van der Waals surface area contributed by atoms with E-state index >= 15 is 0 Å². The number of fused-ring (bicyclic) bond motifs is 4. The van der Waals surface area contributed by atoms with Crippen molar-refractivity contribution in [2.45, 2.75) is 42.4 Å². The molecule has 0 bridgehead atoms. The molecule has 0 atom stereocenters. The molecule has 1 aromatic carbocycles. The maximum Gasteiger partial charge on any atom is 0.228 e. The van der Waals surface area contributed by atoms with E-state index in [-0.39, 0.29) is 5.41 Å². The zero-order valence-corrected chi connectivity index (χ0v) is 17.8. The zero-order chi connectivity index (χ0) is 20.1. The predicted molar refractivity (Wildman–Crippen MR) is 118 cm³/mol. The van der Waals surface area contributed by atoms with Gasteiger partial charge in [0.15, 0.2) is 11.6 Å². The summed E-state index contributed by atoms with van der Waals surface area (Å²) in [5.41, 5.74) is 5.40. The van der Waals surface area contributed by atoms with Crippen molar-refractivity contribution in [3.63, 3.8) is 0 Å². The first kappa shape index (κ1) is 18.1. The van der Waals surface area contributed by atoms with Gasteiger partial charge < -0.3 is 18.9 Å². The Kier molecular flexibility index (Phi) is 4.19. The first-order valence-electron chi connectivity index (χ1n) is 10.6. The minimum atomic E-state index is 0.254. The predicted octanol–water partition coefficient (Wildman–Crippen LogP) is 5.05. The number of nitrogens with one attached hydrogen (secondary N) is 1. The molecule has 3 aromatic rings. The van der Waals surface area contributed by atoms with Crippen molar-refractivity contribution in [3.05, 3.63) is 47.7 Å². The summed E-state index contributed by atoms with van der Waals surface area (Å²) in [6, 6.07) is 10.8. The van der Waals surface area contributed by atoms with E-state index < -0.39 is 0 Å². The summed E-state index contributed by atoms with van der Waals surface area (Å²) in [4.78, 5) is 7.67. The van der Waals surface area contributed by atoms with E-state index in [4.69, 9.17) is 9.26 Å². The molecule has 2 aromatic heterocycles. The van der Waals surface area contributed by atoms with E-state index in [1.165, 1.54) is 60.0 Å². The van der Waals surface area contributed by atoms with Crippen molar-refractivity contribution in [2.75, 3.05) is 29.8 Å². The lowest BCUT2D eigenvalue weighted by Crippen LogP contribution is -2.20. The molecule has 3 heterocycles. The Labute approximate surface area is 180 Å². The summed E-state index contributed by atoms with van der Waals surface area (Å²) < 4.78 is 14.7. The van der Waals surface area contributed by atoms with Crippen molar-refractivity contribution in [3.8, 4) is 17.2 Å². The molecule has 6 rings (SSSR count). The van der Waals surface area contributed by atoms with Crippen LogP contribution in [0.5, 0.6) is 5.88 Å². The Morgan fingerprint density at radius 3 is 2.87 bits per heavy atom. The standard InChI is InChI=1S/C23H24N4O2S/c1-28-22-19(5-4-10-24-22)30-26-21-17-14-23(8-9-23)18-7-6-15(27-11-2-3-12-27)13-16(18)20(17)29-25-21/h4-7,10,13H,2-3,8-9,11-12,14H2,1H3,(H,25,26). The van der Waals surface area contributed by atoms with E-state index in [0.29, 0.717) is 5.88 Å². The highest BCUT2D eigenvalue weighted by Crippen LogP contribution is 2.59. The van der Waals surface area contributed by atoms with Gasteiger partial charge in [-0.1, -0.05) is 11.2 Å². The maximum absolute atomic E-state index is 5.91. The number of hydrogen-bond acceptors (Lipinski definition) is 7. The van der Waals surface area contributed by atoms with Crippen LogP contribution in [0.1, 0.15) is 36.8 Å². The molecule has 6 nitrogen and oxygen atoms in total. The Hall–Kier alpha value is -2.67. The van der Waals surface area contributed by atoms with E-state index in [1.807, 2.05) is 12.1 Å². The van der Waals surface area contributed by atoms with E-state index in [9.17, 15) is 0 Å². The van der Waals surface area contributed by atoms with Crippen molar-refractivity contribution in [1.29, 1.82) is 0 Å². The number of rotatable bonds is 5. The second-order valence-corrected chi connectivity index (χ2v) is 9.28. The number of nitrogens with zero attached hydrogens (tertiary/aromatic N) is 3. The van der Waals surface area contributed by atoms with Crippen LogP contribution in [0.3, 0.4) is 0 Å². The molecule has 154 valence electrons. The van der Waals surface area contributed by atoms with Crippen LogP contribution >= 0.6 is 11.9 Å². The minimum Gasteiger partial charge on any atom is -0.480 e. The average molecular weight is 421 g/mol. The molecular formula is C23H24N4O2S. The number of pyridine rings is 1. The van der Waals surface area contributed by atoms with Crippen molar-refractivity contribution in [2.24, 2.45) is 0 Å². The molecule has 1 aliphatic heterocycles. The largest absolute Gasteiger partial charge is 0.480 e. The molecule has 0 radical (unpaired) electrons. The first-order valence-corrected chi connectivity index (χ1v) is 11.4. The number of aromatic nitrogens is 2. The van der Waals surface area contributed by atoms with Gasteiger partial charge in [0.2, 0.25) is 5.88 Å². The minimum absolute atomic E-state index is 0.254. The molecule has 30 heavy (non-hydrogen) atoms. The Bertz CT molecular complexity index is 1100. The second kappa shape index (κ2) is 6.94. The number of anilines is 2. The van der Waals surface area contributed by atoms with Gasteiger partial charge in [-0.3, -0.25) is 0 Å². The van der Waals surface area contributed by atoms with Crippen LogP contribution in [-0.2, 0) is 11.8 Å². The molecule has 1 N–H and O–H groups in total. The smallest absolute Gasteiger partial charge is 0.228 e. The lowest BCUT2D eigenvalue weighted by atomic mass is 9.79. The fourth-order valence-corrected chi connectivity index (χ4v) is 5.60. The fraction of sp³-hybridized carbons (Fsp3) is 0.391. The Balaban J connectivity index is 1.34. The van der Waals surface area contributed by atoms with Gasteiger partial charge in [0.25, 0.3) is 0 Å². The summed E-state index contributed by atoms with van der Waals surface area (Å²) in [6.07, 6.45) is 7.73. The van der Waals surface area contributed by atoms with Gasteiger partial charge in [0.05, 0.1) is 12.0 Å². The molecule has 1 saturated carbocycles. The SMILES string of the molecule is COc1ncccc1SNc1noc2c1CC1(CC1)c1ccc(N3CCCC3)cc1-2. The number of benzene rings is 1. The Morgan fingerprint density at radius 2 is 2.07 bits per heavy atom. The fourth-order valence-electron chi connectivity index (χ4n) is 4.86. The molecule has 2 aliphatic carbocycles. The van der Waals surface area contributed by atoms with Gasteiger partial charge in [0.1, 0.15) is 0 Å². The van der Waals surface area contributed by atoms with Crippen molar-refractivity contribution >= 4 is 23.5 Å². The van der Waals surface area contributed by atoms with E-state index in [0.717, 1.165) is 36.0 Å². The number of ether oxygens (including phenoxy) is 1. The molecule has 3 aliphatic rings. The number of methoxy groups -OCH3 is 1. The highest BCUT2D eigenvalue weighted by Gasteiger charge is 2.50. The summed E-state index contributed by atoms with van der Waals surface area (Å²) in [7, 11) is 1.64. The molecule has 0 amide bonds. The monoisotopic (exact) mass is 420 g/mol. The third-order valence-electron chi connectivity index (χ3n) is 6.63. The van der Waals surface area contributed by atoms with Crippen molar-refractivity contribution in [1.82, 2.24) is 10.1 Å². The normalized spacial score (nSPS) is 18.2. The maximum atomic E-state index is 5.91. The van der Waals surface area contributed by atoms with Gasteiger partial charge in [-0.05, 0) is 73.9 Å². The lowest BCUT2D eigenvalue weighted by Gasteiger charge is -2.27. The molecule has 2 fully saturated rings. The average Bonchev–Trinajstić information content (AvgIpc) is 3.17. The lowest BCUT2D eigenvalue weighted by molar-refractivity contribution is 0.387. The van der Waals surface area contributed by atoms with Crippen LogP contribution in [0.15, 0.2) is 45.9 Å². The highest BCUT2D eigenvalue weighted by molar-refractivity contribution is 8.00. The summed E-state index contributed by atoms with van der Waals surface area (Å²) in [5.74, 6) is 2.33. The van der Waals surface area contributed by atoms with Crippen LogP contribution in [0.2, 0.25) is 0 Å². The molecular weight excluding hydrogens is 396 g/mol. The van der Waals surface area contributed by atoms with E-state index in [1.54, 1.807) is 13.3 Å². The van der Waals surface area contributed by atoms with Crippen LogP contribution in [0.25, 0.3) is 11.3 Å². The summed E-state index contributed by atoms with van der Waals surface area (Å²) >= 11 is 1.46. The Morgan fingerprint density at radius 1 is 1.20 bits per heavy atom. The van der Waals surface area contributed by atoms with E-state index in [2.05, 4.69) is 38.0 Å². The third-order valence-corrected chi connectivity index (χ3v) is 7.46. The van der Waals surface area contributed by atoms with Gasteiger partial charge in [-0.2, -0.15) is 0 Å². The quantitative estimate of drug-likeness (QED) is 0.579. The summed E-state index contributed by atoms with van der Waals surface area (Å²) in [5, 5.41) is 4.41. The van der Waals surface area contributed by atoms with Gasteiger partial charge in [-0.15, -0.1) is 0 Å². The molecule has 1 saturated heterocycles. The van der Waals surface area contributed by atoms with Gasteiger partial charge in [-0.25, -0.2) is 4.98 Å². The number of hydrogen-bond donors (Lipinski definition) is 1. The van der Waals surface area contributed by atoms with Crippen molar-refractivity contribution < 1.29 is 9.26 Å². The van der Waals surface area contributed by atoms with Gasteiger partial charge >= 0.3 is 0 Å². The highest BCUT2D eigenvalue weighted by atomic mass is 32.2. The molecule has 1 spiro atoms. The van der Waals surface area contributed by atoms with Crippen LogP contribution in [-0.4, -0.2) is 30.3 Å². The zero-order valence-electron chi connectivity index (χ0n) is 17.0. The summed E-state index contributed by atoms with van der Waals surface area (Å²) in [6.45, 7) is 2.28. The topological polar surface area (TPSA) is 63.4 Å². The van der Waals surface area contributed by atoms with Gasteiger partial charge in [0, 0.05) is 41.5 Å². The first-order chi connectivity index (χ1) is 14.8. The third kappa shape index (κ3) is 2.87. The van der Waals surface area contributed by atoms with Crippen LogP contribution in [0.4, 0.5) is 11.5 Å². The molecule has 0 unspecified atom stereocenters. The van der Waals surface area contributed by atoms with Crippen LogP contribution < -0.4 is 14.4 Å². The van der Waals surface area contributed by atoms with Crippen LogP contribution in [0, 0.1) is 0 Å². The second-order valence-electron chi connectivity index (χ2n) is 8.43. The molecule has 7 heteroatoms.